The number of amides is 2. The van der Waals surface area contributed by atoms with Crippen molar-refractivity contribution in [3.8, 4) is 5.69 Å². The number of carbonyl (C=O) groups excluding carboxylic acids is 2. The van der Waals surface area contributed by atoms with Crippen LogP contribution in [0.5, 0.6) is 0 Å². The van der Waals surface area contributed by atoms with Crippen molar-refractivity contribution in [3.63, 3.8) is 0 Å². The van der Waals surface area contributed by atoms with Crippen molar-refractivity contribution in [1.29, 1.82) is 0 Å². The zero-order valence-electron chi connectivity index (χ0n) is 17.7. The van der Waals surface area contributed by atoms with Gasteiger partial charge in [-0.15, -0.1) is 0 Å². The summed E-state index contributed by atoms with van der Waals surface area (Å²) in [5.74, 6) is -1.21. The fourth-order valence-corrected chi connectivity index (χ4v) is 4.13. The van der Waals surface area contributed by atoms with Gasteiger partial charge in [0.2, 0.25) is 10.0 Å². The molecule has 0 saturated heterocycles. The molecule has 1 aromatic heterocycles. The van der Waals surface area contributed by atoms with Gasteiger partial charge < -0.3 is 0 Å². The molecular formula is C21H22ClN5O4S. The van der Waals surface area contributed by atoms with E-state index in [9.17, 15) is 18.0 Å². The maximum absolute atomic E-state index is 12.7. The molecule has 9 nitrogen and oxygen atoms in total. The Balaban J connectivity index is 1.76. The summed E-state index contributed by atoms with van der Waals surface area (Å²) in [5, 5.41) is 4.81. The quantitative estimate of drug-likeness (QED) is 0.531. The highest BCUT2D eigenvalue weighted by molar-refractivity contribution is 7.89. The molecule has 0 aliphatic rings. The number of benzene rings is 2. The molecule has 2 N–H and O–H groups in total. The Kier molecular flexibility index (Phi) is 6.97. The van der Waals surface area contributed by atoms with Gasteiger partial charge in [0.05, 0.1) is 28.0 Å². The fourth-order valence-electron chi connectivity index (χ4n) is 3.00. The Hall–Kier alpha value is -3.21. The van der Waals surface area contributed by atoms with E-state index in [1.54, 1.807) is 22.9 Å². The van der Waals surface area contributed by atoms with Crippen LogP contribution in [0.15, 0.2) is 59.6 Å². The summed E-state index contributed by atoms with van der Waals surface area (Å²) in [6.45, 7) is 1.88. The van der Waals surface area contributed by atoms with E-state index < -0.39 is 21.8 Å². The highest BCUT2D eigenvalue weighted by Crippen LogP contribution is 2.19. The van der Waals surface area contributed by atoms with E-state index in [2.05, 4.69) is 16.0 Å². The average molecular weight is 476 g/mol. The molecule has 32 heavy (non-hydrogen) atoms. The molecule has 0 fully saturated rings. The summed E-state index contributed by atoms with van der Waals surface area (Å²) >= 11 is 6.05. The number of aromatic nitrogens is 2. The molecule has 3 aromatic rings. The summed E-state index contributed by atoms with van der Waals surface area (Å²) in [5.41, 5.74) is 6.37. The molecule has 3 rings (SSSR count). The van der Waals surface area contributed by atoms with Crippen LogP contribution in [0.2, 0.25) is 5.02 Å². The van der Waals surface area contributed by atoms with Crippen LogP contribution in [0, 0.1) is 0 Å². The standard InChI is InChI=1S/C21H22ClN5O4S/c1-4-19-18(13-23-27(19)16-9-6-8-15(22)12-16)21(29)25-24-20(28)14-7-5-10-17(11-14)32(30,31)26(2)3/h5-13H,4H2,1-3H3,(H,24,28)(H,25,29). The fraction of sp³-hybridized carbons (Fsp3) is 0.190. The topological polar surface area (TPSA) is 113 Å². The first-order valence-electron chi connectivity index (χ1n) is 9.61. The molecule has 0 spiro atoms. The lowest BCUT2D eigenvalue weighted by molar-refractivity contribution is 0.0846. The van der Waals surface area contributed by atoms with Gasteiger partial charge in [0.15, 0.2) is 0 Å². The van der Waals surface area contributed by atoms with Gasteiger partial charge in [-0.1, -0.05) is 30.7 Å². The van der Waals surface area contributed by atoms with Crippen molar-refractivity contribution in [2.75, 3.05) is 14.1 Å². The van der Waals surface area contributed by atoms with E-state index >= 15 is 0 Å². The van der Waals surface area contributed by atoms with Gasteiger partial charge in [-0.2, -0.15) is 5.10 Å². The molecule has 0 unspecified atom stereocenters. The SMILES string of the molecule is CCc1c(C(=O)NNC(=O)c2cccc(S(=O)(=O)N(C)C)c2)cnn1-c1cccc(Cl)c1. The van der Waals surface area contributed by atoms with E-state index in [1.165, 1.54) is 44.6 Å². The highest BCUT2D eigenvalue weighted by atomic mass is 35.5. The number of hydrogen-bond acceptors (Lipinski definition) is 5. The molecule has 0 radical (unpaired) electrons. The number of carbonyl (C=O) groups is 2. The van der Waals surface area contributed by atoms with Crippen LogP contribution >= 0.6 is 11.6 Å². The average Bonchev–Trinajstić information content (AvgIpc) is 3.21. The van der Waals surface area contributed by atoms with Gasteiger partial charge in [0, 0.05) is 24.7 Å². The number of nitrogens with one attached hydrogen (secondary N) is 2. The van der Waals surface area contributed by atoms with E-state index in [0.29, 0.717) is 22.8 Å². The van der Waals surface area contributed by atoms with Crippen molar-refractivity contribution in [2.45, 2.75) is 18.2 Å². The third kappa shape index (κ3) is 4.82. The van der Waals surface area contributed by atoms with Crippen LogP contribution in [0.1, 0.15) is 33.3 Å². The van der Waals surface area contributed by atoms with Gasteiger partial charge >= 0.3 is 0 Å². The molecule has 2 amide bonds. The van der Waals surface area contributed by atoms with Crippen LogP contribution in [0.25, 0.3) is 5.69 Å². The molecule has 168 valence electrons. The maximum atomic E-state index is 12.7. The van der Waals surface area contributed by atoms with Gasteiger partial charge in [0.1, 0.15) is 0 Å². The highest BCUT2D eigenvalue weighted by Gasteiger charge is 2.20. The van der Waals surface area contributed by atoms with Crippen LogP contribution in [0.3, 0.4) is 0 Å². The minimum absolute atomic E-state index is 0.0301. The zero-order chi connectivity index (χ0) is 23.5. The predicted molar refractivity (Wildman–Crippen MR) is 120 cm³/mol. The Morgan fingerprint density at radius 1 is 1.06 bits per heavy atom. The maximum Gasteiger partial charge on any atom is 0.273 e. The number of nitrogens with zero attached hydrogens (tertiary/aromatic N) is 3. The third-order valence-electron chi connectivity index (χ3n) is 4.67. The Morgan fingerprint density at radius 2 is 1.75 bits per heavy atom. The number of hydrazine groups is 1. The lowest BCUT2D eigenvalue weighted by Gasteiger charge is -2.12. The molecule has 0 aliphatic carbocycles. The molecule has 0 saturated carbocycles. The second kappa shape index (κ2) is 9.51. The Morgan fingerprint density at radius 3 is 2.41 bits per heavy atom. The summed E-state index contributed by atoms with van der Waals surface area (Å²) in [6, 6.07) is 12.6. The van der Waals surface area contributed by atoms with E-state index in [0.717, 1.165) is 4.31 Å². The zero-order valence-corrected chi connectivity index (χ0v) is 19.2. The summed E-state index contributed by atoms with van der Waals surface area (Å²) in [6.07, 6.45) is 1.92. The van der Waals surface area contributed by atoms with Crippen LogP contribution < -0.4 is 10.9 Å². The minimum Gasteiger partial charge on any atom is -0.267 e. The molecule has 0 aliphatic heterocycles. The molecule has 1 heterocycles. The van der Waals surface area contributed by atoms with Crippen LogP contribution in [-0.2, 0) is 16.4 Å². The van der Waals surface area contributed by atoms with E-state index in [-0.39, 0.29) is 16.0 Å². The number of halogens is 1. The molecule has 2 aromatic carbocycles. The lowest BCUT2D eigenvalue weighted by Crippen LogP contribution is -2.42. The van der Waals surface area contributed by atoms with Gasteiger partial charge in [-0.25, -0.2) is 17.4 Å². The van der Waals surface area contributed by atoms with Gasteiger partial charge in [-0.05, 0) is 42.8 Å². The normalized spacial score (nSPS) is 11.4. The Bertz CT molecular complexity index is 1270. The third-order valence-corrected chi connectivity index (χ3v) is 6.71. The molecule has 0 bridgehead atoms. The van der Waals surface area contributed by atoms with Crippen molar-refractivity contribution in [1.82, 2.24) is 24.9 Å². The van der Waals surface area contributed by atoms with E-state index in [1.807, 2.05) is 13.0 Å². The smallest absolute Gasteiger partial charge is 0.267 e. The second-order valence-corrected chi connectivity index (χ2v) is 9.56. The largest absolute Gasteiger partial charge is 0.273 e. The van der Waals surface area contributed by atoms with Crippen molar-refractivity contribution in [3.05, 3.63) is 76.6 Å². The predicted octanol–water partition coefficient (Wildman–Crippen LogP) is 2.41. The summed E-state index contributed by atoms with van der Waals surface area (Å²) in [4.78, 5) is 25.1. The van der Waals surface area contributed by atoms with Crippen molar-refractivity contribution < 1.29 is 18.0 Å². The van der Waals surface area contributed by atoms with E-state index in [4.69, 9.17) is 11.6 Å². The Labute approximate surface area is 191 Å². The van der Waals surface area contributed by atoms with Gasteiger partial charge in [0.25, 0.3) is 11.8 Å². The second-order valence-electron chi connectivity index (χ2n) is 6.97. The first-order valence-corrected chi connectivity index (χ1v) is 11.4. The molecular weight excluding hydrogens is 454 g/mol. The van der Waals surface area contributed by atoms with Crippen LogP contribution in [-0.4, -0.2) is 48.4 Å². The monoisotopic (exact) mass is 475 g/mol. The first-order chi connectivity index (χ1) is 15.1. The van der Waals surface area contributed by atoms with Crippen molar-refractivity contribution in [2.24, 2.45) is 0 Å². The minimum atomic E-state index is -3.70. The van der Waals surface area contributed by atoms with Gasteiger partial charge in [-0.3, -0.25) is 20.4 Å². The molecule has 0 atom stereocenters. The summed E-state index contributed by atoms with van der Waals surface area (Å²) < 4.78 is 27.2. The van der Waals surface area contributed by atoms with Crippen molar-refractivity contribution >= 4 is 33.4 Å². The number of sulfonamides is 1. The number of hydrogen-bond donors (Lipinski definition) is 2. The van der Waals surface area contributed by atoms with Crippen LogP contribution in [0.4, 0.5) is 0 Å². The molecule has 11 heteroatoms. The summed E-state index contributed by atoms with van der Waals surface area (Å²) in [7, 11) is -0.897. The lowest BCUT2D eigenvalue weighted by atomic mass is 10.2. The first kappa shape index (κ1) is 23.5. The number of rotatable bonds is 6.